The van der Waals surface area contributed by atoms with Gasteiger partial charge in [0, 0.05) is 21.5 Å². The first-order valence-corrected chi connectivity index (χ1v) is 9.18. The molecule has 0 saturated heterocycles. The molecule has 0 aliphatic rings. The molecule has 0 radical (unpaired) electrons. The molecule has 4 nitrogen and oxygen atoms in total. The average molecular weight is 380 g/mol. The first-order chi connectivity index (χ1) is 12.7. The predicted octanol–water partition coefficient (Wildman–Crippen LogP) is 5.77. The molecule has 0 unspecified atom stereocenters. The lowest BCUT2D eigenvalue weighted by molar-refractivity contribution is 0.475. The zero-order chi connectivity index (χ0) is 17.9. The van der Waals surface area contributed by atoms with Gasteiger partial charge in [-0.3, -0.25) is 5.43 Å². The van der Waals surface area contributed by atoms with Crippen LogP contribution >= 0.6 is 22.9 Å². The molecular weight excluding hydrogens is 366 g/mol. The van der Waals surface area contributed by atoms with E-state index in [-0.39, 0.29) is 5.75 Å². The normalized spacial score (nSPS) is 11.3. The summed E-state index contributed by atoms with van der Waals surface area (Å²) in [6.07, 6.45) is 1.61. The van der Waals surface area contributed by atoms with Gasteiger partial charge in [0.1, 0.15) is 5.75 Å². The number of anilines is 1. The maximum absolute atomic E-state index is 10.1. The molecular formula is C20H14ClN3OS. The number of phenols is 1. The summed E-state index contributed by atoms with van der Waals surface area (Å²) in [7, 11) is 0. The van der Waals surface area contributed by atoms with E-state index in [1.807, 2.05) is 60.0 Å². The second kappa shape index (κ2) is 7.15. The minimum Gasteiger partial charge on any atom is -0.507 e. The summed E-state index contributed by atoms with van der Waals surface area (Å²) in [6.45, 7) is 0. The van der Waals surface area contributed by atoms with Gasteiger partial charge in [0.2, 0.25) is 5.13 Å². The Balaban J connectivity index is 1.55. The van der Waals surface area contributed by atoms with Crippen molar-refractivity contribution in [2.45, 2.75) is 0 Å². The van der Waals surface area contributed by atoms with Crippen molar-refractivity contribution in [2.24, 2.45) is 5.10 Å². The van der Waals surface area contributed by atoms with Gasteiger partial charge in [-0.2, -0.15) is 5.10 Å². The molecule has 1 heterocycles. The number of hydrogen-bond donors (Lipinski definition) is 2. The van der Waals surface area contributed by atoms with Crippen LogP contribution in [0.4, 0.5) is 5.13 Å². The number of benzene rings is 3. The van der Waals surface area contributed by atoms with Crippen molar-refractivity contribution in [1.29, 1.82) is 0 Å². The lowest BCUT2D eigenvalue weighted by Gasteiger charge is -2.04. The molecule has 2 N–H and O–H groups in total. The van der Waals surface area contributed by atoms with Crippen LogP contribution in [-0.4, -0.2) is 16.3 Å². The van der Waals surface area contributed by atoms with Crippen LogP contribution in [0.25, 0.3) is 22.0 Å². The number of nitrogens with one attached hydrogen (secondary N) is 1. The Morgan fingerprint density at radius 3 is 2.69 bits per heavy atom. The van der Waals surface area contributed by atoms with Crippen LogP contribution in [0.2, 0.25) is 5.02 Å². The van der Waals surface area contributed by atoms with Gasteiger partial charge in [0.05, 0.1) is 11.9 Å². The highest BCUT2D eigenvalue weighted by Crippen LogP contribution is 2.27. The third-order valence-electron chi connectivity index (χ3n) is 3.95. The van der Waals surface area contributed by atoms with Crippen molar-refractivity contribution in [1.82, 2.24) is 4.98 Å². The smallest absolute Gasteiger partial charge is 0.203 e. The van der Waals surface area contributed by atoms with E-state index in [2.05, 4.69) is 15.5 Å². The van der Waals surface area contributed by atoms with Gasteiger partial charge in [-0.05, 0) is 29.0 Å². The Bertz CT molecular complexity index is 1090. The number of aromatic nitrogens is 1. The number of hydrogen-bond acceptors (Lipinski definition) is 5. The number of hydrazone groups is 1. The molecule has 6 heteroatoms. The molecule has 0 aliphatic carbocycles. The van der Waals surface area contributed by atoms with Crippen LogP contribution in [0.1, 0.15) is 5.56 Å². The van der Waals surface area contributed by atoms with Crippen LogP contribution in [0, 0.1) is 0 Å². The van der Waals surface area contributed by atoms with Gasteiger partial charge in [0.15, 0.2) is 0 Å². The number of halogens is 1. The van der Waals surface area contributed by atoms with Crippen molar-refractivity contribution in [3.8, 4) is 17.0 Å². The molecule has 3 aromatic carbocycles. The molecule has 128 valence electrons. The van der Waals surface area contributed by atoms with Crippen LogP contribution in [-0.2, 0) is 0 Å². The Morgan fingerprint density at radius 2 is 1.85 bits per heavy atom. The van der Waals surface area contributed by atoms with Gasteiger partial charge in [0.25, 0.3) is 0 Å². The Labute approximate surface area is 159 Å². The van der Waals surface area contributed by atoms with Gasteiger partial charge >= 0.3 is 0 Å². The number of nitrogens with zero attached hydrogens (tertiary/aromatic N) is 2. The first kappa shape index (κ1) is 16.6. The summed E-state index contributed by atoms with van der Waals surface area (Å²) in [6, 6.07) is 18.9. The van der Waals surface area contributed by atoms with Gasteiger partial charge in [-0.15, -0.1) is 11.3 Å². The van der Waals surface area contributed by atoms with Crippen LogP contribution in [0.15, 0.2) is 71.1 Å². The summed E-state index contributed by atoms with van der Waals surface area (Å²) in [5, 5.41) is 19.7. The summed E-state index contributed by atoms with van der Waals surface area (Å²) >= 11 is 7.38. The second-order valence-electron chi connectivity index (χ2n) is 5.63. The van der Waals surface area contributed by atoms with Crippen LogP contribution in [0.5, 0.6) is 5.75 Å². The first-order valence-electron chi connectivity index (χ1n) is 7.92. The minimum atomic E-state index is 0.190. The molecule has 0 fully saturated rings. The van der Waals surface area contributed by atoms with Crippen molar-refractivity contribution < 1.29 is 5.11 Å². The minimum absolute atomic E-state index is 0.190. The quantitative estimate of drug-likeness (QED) is 0.349. The highest BCUT2D eigenvalue weighted by Gasteiger charge is 2.06. The fourth-order valence-electron chi connectivity index (χ4n) is 2.65. The predicted molar refractivity (Wildman–Crippen MR) is 109 cm³/mol. The third kappa shape index (κ3) is 3.40. The van der Waals surface area contributed by atoms with Gasteiger partial charge in [-0.25, -0.2) is 4.98 Å². The zero-order valence-electron chi connectivity index (χ0n) is 13.6. The maximum Gasteiger partial charge on any atom is 0.203 e. The van der Waals surface area contributed by atoms with Crippen molar-refractivity contribution >= 4 is 45.1 Å². The number of phenolic OH excluding ortho intramolecular Hbond substituents is 1. The molecule has 26 heavy (non-hydrogen) atoms. The second-order valence-corrected chi connectivity index (χ2v) is 6.93. The zero-order valence-corrected chi connectivity index (χ0v) is 15.1. The summed E-state index contributed by atoms with van der Waals surface area (Å²) in [5.74, 6) is 0.190. The van der Waals surface area contributed by atoms with Crippen molar-refractivity contribution in [3.63, 3.8) is 0 Å². The van der Waals surface area contributed by atoms with Crippen molar-refractivity contribution in [2.75, 3.05) is 5.43 Å². The highest BCUT2D eigenvalue weighted by atomic mass is 35.5. The largest absolute Gasteiger partial charge is 0.507 e. The lowest BCUT2D eigenvalue weighted by atomic mass is 10.0. The number of aromatic hydroxyl groups is 1. The van der Waals surface area contributed by atoms with Gasteiger partial charge in [-0.1, -0.05) is 54.1 Å². The fraction of sp³-hybridized carbons (Fsp3) is 0. The Kier molecular flexibility index (Phi) is 4.56. The van der Waals surface area contributed by atoms with E-state index in [1.165, 1.54) is 11.3 Å². The molecule has 0 amide bonds. The van der Waals surface area contributed by atoms with Crippen molar-refractivity contribution in [3.05, 3.63) is 76.6 Å². The number of rotatable bonds is 4. The Hall–Kier alpha value is -2.89. The van der Waals surface area contributed by atoms with E-state index in [4.69, 9.17) is 11.6 Å². The standard InChI is InChI=1S/C20H14ClN3OS/c21-15-8-5-14(6-9-15)18-12-26-20(23-18)24-22-11-17-16-4-2-1-3-13(16)7-10-19(17)25/h1-12,25H,(H,23,24)/b22-11+. The summed E-state index contributed by atoms with van der Waals surface area (Å²) in [5.41, 5.74) is 5.45. The molecule has 0 spiro atoms. The topological polar surface area (TPSA) is 57.5 Å². The molecule has 0 saturated carbocycles. The maximum atomic E-state index is 10.1. The summed E-state index contributed by atoms with van der Waals surface area (Å²) in [4.78, 5) is 4.51. The van der Waals surface area contributed by atoms with E-state index in [1.54, 1.807) is 12.3 Å². The van der Waals surface area contributed by atoms with Crippen LogP contribution < -0.4 is 5.43 Å². The van der Waals surface area contributed by atoms with Crippen LogP contribution in [0.3, 0.4) is 0 Å². The highest BCUT2D eigenvalue weighted by molar-refractivity contribution is 7.14. The summed E-state index contributed by atoms with van der Waals surface area (Å²) < 4.78 is 0. The van der Waals surface area contributed by atoms with E-state index in [0.717, 1.165) is 22.0 Å². The molecule has 4 aromatic rings. The molecule has 4 rings (SSSR count). The molecule has 0 aliphatic heterocycles. The number of thiazole rings is 1. The van der Waals surface area contributed by atoms with Gasteiger partial charge < -0.3 is 5.11 Å². The van der Waals surface area contributed by atoms with E-state index >= 15 is 0 Å². The fourth-order valence-corrected chi connectivity index (χ4v) is 3.44. The third-order valence-corrected chi connectivity index (χ3v) is 4.94. The SMILES string of the molecule is Oc1ccc2ccccc2c1/C=N/Nc1nc(-c2ccc(Cl)cc2)cs1. The number of fused-ring (bicyclic) bond motifs is 1. The lowest BCUT2D eigenvalue weighted by Crippen LogP contribution is -1.92. The van der Waals surface area contributed by atoms with E-state index in [0.29, 0.717) is 15.7 Å². The van der Waals surface area contributed by atoms with E-state index in [9.17, 15) is 5.11 Å². The Morgan fingerprint density at radius 1 is 1.04 bits per heavy atom. The molecule has 1 aromatic heterocycles. The molecule has 0 bridgehead atoms. The molecule has 0 atom stereocenters. The monoisotopic (exact) mass is 379 g/mol. The van der Waals surface area contributed by atoms with E-state index < -0.39 is 0 Å². The average Bonchev–Trinajstić information content (AvgIpc) is 3.13.